The van der Waals surface area contributed by atoms with E-state index >= 15 is 0 Å². The van der Waals surface area contributed by atoms with Crippen LogP contribution in [-0.2, 0) is 23.6 Å². The Balaban J connectivity index is 1.38. The molecule has 2 amide bonds. The van der Waals surface area contributed by atoms with Gasteiger partial charge in [0.1, 0.15) is 0 Å². The number of carbonyl (C=O) groups is 2. The second-order valence-electron chi connectivity index (χ2n) is 11.4. The number of morpholine rings is 1. The molecule has 9 heteroatoms. The minimum Gasteiger partial charge on any atom is -0.404 e. The number of hydrogen-bond acceptors (Lipinski definition) is 6. The number of carbonyl (C=O) groups excluding carboxylic acids is 2. The summed E-state index contributed by atoms with van der Waals surface area (Å²) in [7, 11) is -0.492. The molecule has 0 radical (unpaired) electrons. The standard InChI is InChI=1S/C23H40BN3O5/c1-14(2)10-19(26-21(29)16(25)13-20(28)27-6-8-30-9-7-27)24-31-18-12-15-11-17(22(15,3)4)23(18,5)32-24/h14-19H,6-13,25H2,1-5H3,(H,26,29)/t15-,16+,17-,18?,19-,23-/m0/s1. The van der Waals surface area contributed by atoms with Gasteiger partial charge in [-0.3, -0.25) is 9.59 Å². The highest BCUT2D eigenvalue weighted by molar-refractivity contribution is 6.47. The summed E-state index contributed by atoms with van der Waals surface area (Å²) in [6.07, 6.45) is 2.97. The smallest absolute Gasteiger partial charge is 0.404 e. The second kappa shape index (κ2) is 8.89. The van der Waals surface area contributed by atoms with Crippen LogP contribution >= 0.6 is 0 Å². The summed E-state index contributed by atoms with van der Waals surface area (Å²) in [5.41, 5.74) is 6.08. The third-order valence-corrected chi connectivity index (χ3v) is 8.45. The molecule has 2 saturated heterocycles. The number of nitrogens with one attached hydrogen (secondary N) is 1. The van der Waals surface area contributed by atoms with Gasteiger partial charge < -0.3 is 30.0 Å². The fraction of sp³-hybridized carbons (Fsp3) is 0.913. The first-order valence-electron chi connectivity index (χ1n) is 12.3. The summed E-state index contributed by atoms with van der Waals surface area (Å²) < 4.78 is 18.3. The molecular formula is C23H40BN3O5. The summed E-state index contributed by atoms with van der Waals surface area (Å²) in [4.78, 5) is 27.2. The zero-order valence-corrected chi connectivity index (χ0v) is 20.3. The van der Waals surface area contributed by atoms with Gasteiger partial charge in [0.2, 0.25) is 11.8 Å². The quantitative estimate of drug-likeness (QED) is 0.569. The van der Waals surface area contributed by atoms with Gasteiger partial charge in [-0.15, -0.1) is 0 Å². The number of amides is 2. The minimum absolute atomic E-state index is 0.00903. The normalized spacial score (nSPS) is 35.2. The molecule has 0 aromatic heterocycles. The van der Waals surface area contributed by atoms with E-state index in [0.717, 1.165) is 12.8 Å². The maximum atomic E-state index is 12.9. The third kappa shape index (κ3) is 4.33. The molecule has 5 rings (SSSR count). The lowest BCUT2D eigenvalue weighted by Gasteiger charge is -2.64. The highest BCUT2D eigenvalue weighted by Gasteiger charge is 2.68. The van der Waals surface area contributed by atoms with Crippen LogP contribution in [0.4, 0.5) is 0 Å². The van der Waals surface area contributed by atoms with Crippen LogP contribution in [-0.4, -0.2) is 73.8 Å². The zero-order chi connectivity index (χ0) is 23.3. The molecule has 2 aliphatic heterocycles. The summed E-state index contributed by atoms with van der Waals surface area (Å²) in [5, 5.41) is 3.07. The zero-order valence-electron chi connectivity index (χ0n) is 20.3. The molecule has 0 spiro atoms. The first-order chi connectivity index (χ1) is 15.0. The Labute approximate surface area is 192 Å². The molecule has 2 heterocycles. The summed E-state index contributed by atoms with van der Waals surface area (Å²) in [6.45, 7) is 13.2. The molecule has 8 nitrogen and oxygen atoms in total. The van der Waals surface area contributed by atoms with Crippen LogP contribution in [0.2, 0.25) is 0 Å². The van der Waals surface area contributed by atoms with E-state index in [1.54, 1.807) is 4.90 Å². The van der Waals surface area contributed by atoms with Crippen molar-refractivity contribution in [3.05, 3.63) is 0 Å². The topological polar surface area (TPSA) is 103 Å². The first-order valence-corrected chi connectivity index (χ1v) is 12.3. The largest absolute Gasteiger partial charge is 0.481 e. The maximum absolute atomic E-state index is 12.9. The lowest BCUT2D eigenvalue weighted by atomic mass is 9.43. The fourth-order valence-corrected chi connectivity index (χ4v) is 6.33. The van der Waals surface area contributed by atoms with Crippen LogP contribution < -0.4 is 11.1 Å². The van der Waals surface area contributed by atoms with Gasteiger partial charge in [-0.05, 0) is 49.4 Å². The Morgan fingerprint density at radius 3 is 2.50 bits per heavy atom. The molecular weight excluding hydrogens is 409 g/mol. The number of ether oxygens (including phenoxy) is 1. The predicted octanol–water partition coefficient (Wildman–Crippen LogP) is 1.36. The van der Waals surface area contributed by atoms with Gasteiger partial charge in [0.25, 0.3) is 0 Å². The van der Waals surface area contributed by atoms with Gasteiger partial charge in [-0.1, -0.05) is 27.7 Å². The van der Waals surface area contributed by atoms with Crippen LogP contribution in [0.3, 0.4) is 0 Å². The van der Waals surface area contributed by atoms with Crippen molar-refractivity contribution < 1.29 is 23.6 Å². The van der Waals surface area contributed by atoms with Crippen molar-refractivity contribution in [2.45, 2.75) is 84.0 Å². The average molecular weight is 449 g/mol. The van der Waals surface area contributed by atoms with Crippen molar-refractivity contribution in [3.63, 3.8) is 0 Å². The Bertz CT molecular complexity index is 728. The van der Waals surface area contributed by atoms with E-state index < -0.39 is 13.2 Å². The van der Waals surface area contributed by atoms with Crippen molar-refractivity contribution in [2.24, 2.45) is 28.9 Å². The fourth-order valence-electron chi connectivity index (χ4n) is 6.33. The Morgan fingerprint density at radius 2 is 1.88 bits per heavy atom. The van der Waals surface area contributed by atoms with Crippen molar-refractivity contribution in [2.75, 3.05) is 26.3 Å². The molecule has 1 unspecified atom stereocenters. The minimum atomic E-state index is -0.897. The molecule has 2 bridgehead atoms. The molecule has 5 aliphatic rings. The van der Waals surface area contributed by atoms with E-state index in [1.807, 2.05) is 0 Å². The van der Waals surface area contributed by atoms with Gasteiger partial charge in [-0.25, -0.2) is 0 Å². The molecule has 0 aromatic rings. The van der Waals surface area contributed by atoms with Gasteiger partial charge in [0.05, 0.1) is 43.3 Å². The van der Waals surface area contributed by atoms with E-state index in [2.05, 4.69) is 39.9 Å². The van der Waals surface area contributed by atoms with Crippen LogP contribution in [0.25, 0.3) is 0 Å². The van der Waals surface area contributed by atoms with Gasteiger partial charge in [0.15, 0.2) is 0 Å². The highest BCUT2D eigenvalue weighted by atomic mass is 16.7. The van der Waals surface area contributed by atoms with Crippen molar-refractivity contribution >= 4 is 18.9 Å². The number of hydrogen-bond donors (Lipinski definition) is 2. The molecule has 32 heavy (non-hydrogen) atoms. The van der Waals surface area contributed by atoms with Gasteiger partial charge >= 0.3 is 7.12 Å². The highest BCUT2D eigenvalue weighted by Crippen LogP contribution is 2.65. The van der Waals surface area contributed by atoms with E-state index in [4.69, 9.17) is 19.8 Å². The van der Waals surface area contributed by atoms with Crippen LogP contribution in [0.1, 0.15) is 60.3 Å². The molecule has 0 aromatic carbocycles. The second-order valence-corrected chi connectivity index (χ2v) is 11.4. The van der Waals surface area contributed by atoms with Gasteiger partial charge in [-0.2, -0.15) is 0 Å². The van der Waals surface area contributed by atoms with E-state index in [1.165, 1.54) is 6.42 Å². The van der Waals surface area contributed by atoms with E-state index in [0.29, 0.717) is 44.1 Å². The van der Waals surface area contributed by atoms with Crippen LogP contribution in [0.5, 0.6) is 0 Å². The van der Waals surface area contributed by atoms with Gasteiger partial charge in [0, 0.05) is 13.1 Å². The van der Waals surface area contributed by atoms with Crippen molar-refractivity contribution in [1.29, 1.82) is 0 Å². The monoisotopic (exact) mass is 449 g/mol. The maximum Gasteiger partial charge on any atom is 0.481 e. The SMILES string of the molecule is CC(C)C[C@H](NC(=O)[C@H](N)CC(=O)N1CCOCC1)B1OC2C[C@@H]3C[C@@H](C3(C)C)[C@]2(C)O1. The molecule has 3 N–H and O–H groups in total. The third-order valence-electron chi connectivity index (χ3n) is 8.45. The molecule has 5 fully saturated rings. The first kappa shape index (κ1) is 24.0. The molecule has 180 valence electrons. The Kier molecular flexibility index (Phi) is 6.66. The molecule has 3 saturated carbocycles. The number of nitrogens with zero attached hydrogens (tertiary/aromatic N) is 1. The Hall–Kier alpha value is -1.16. The Morgan fingerprint density at radius 1 is 1.19 bits per heavy atom. The summed E-state index contributed by atoms with van der Waals surface area (Å²) >= 11 is 0. The van der Waals surface area contributed by atoms with Crippen LogP contribution in [0, 0.1) is 23.2 Å². The molecule has 6 atom stereocenters. The molecule has 3 aliphatic carbocycles. The summed E-state index contributed by atoms with van der Waals surface area (Å²) in [5.74, 6) is 0.756. The predicted molar refractivity (Wildman–Crippen MR) is 121 cm³/mol. The number of nitrogens with two attached hydrogens (primary N) is 1. The average Bonchev–Trinajstić information content (AvgIpc) is 3.10. The lowest BCUT2D eigenvalue weighted by molar-refractivity contribution is -0.199. The lowest BCUT2D eigenvalue weighted by Crippen LogP contribution is -2.65. The summed E-state index contributed by atoms with van der Waals surface area (Å²) in [6, 6.07) is -0.897. The number of rotatable bonds is 7. The van der Waals surface area contributed by atoms with Crippen molar-refractivity contribution in [3.8, 4) is 0 Å². The van der Waals surface area contributed by atoms with E-state index in [9.17, 15) is 9.59 Å². The van der Waals surface area contributed by atoms with Crippen LogP contribution in [0.15, 0.2) is 0 Å². The van der Waals surface area contributed by atoms with Crippen molar-refractivity contribution in [1.82, 2.24) is 10.2 Å². The van der Waals surface area contributed by atoms with E-state index in [-0.39, 0.29) is 41.3 Å².